The first-order valence-corrected chi connectivity index (χ1v) is 8.37. The number of nitrogens with one attached hydrogen (secondary N) is 1. The molecule has 120 valence electrons. The Morgan fingerprint density at radius 3 is 2.15 bits per heavy atom. The van der Waals surface area contributed by atoms with E-state index in [0.717, 1.165) is 0 Å². The molecule has 8 heteroatoms. The molecule has 0 heterocycles. The lowest BCUT2D eigenvalue weighted by molar-refractivity contribution is 0.0495. The lowest BCUT2D eigenvalue weighted by Gasteiger charge is -2.22. The van der Waals surface area contributed by atoms with E-state index < -0.39 is 25.4 Å². The molecular formula is C12H26NO6P. The van der Waals surface area contributed by atoms with Gasteiger partial charge >= 0.3 is 13.7 Å². The highest BCUT2D eigenvalue weighted by molar-refractivity contribution is 7.53. The van der Waals surface area contributed by atoms with E-state index in [2.05, 4.69) is 5.32 Å². The van der Waals surface area contributed by atoms with Gasteiger partial charge in [-0.1, -0.05) is 0 Å². The number of carbonyl (C=O) groups is 1. The quantitative estimate of drug-likeness (QED) is 0.667. The van der Waals surface area contributed by atoms with Crippen LogP contribution < -0.4 is 5.32 Å². The summed E-state index contributed by atoms with van der Waals surface area (Å²) in [6.07, 6.45) is -1.85. The van der Waals surface area contributed by atoms with Crippen LogP contribution in [0.25, 0.3) is 0 Å². The molecule has 1 amide bonds. The summed E-state index contributed by atoms with van der Waals surface area (Å²) < 4.78 is 27.3. The molecule has 0 fully saturated rings. The van der Waals surface area contributed by atoms with Gasteiger partial charge in [0.05, 0.1) is 25.5 Å². The lowest BCUT2D eigenvalue weighted by Crippen LogP contribution is -2.38. The van der Waals surface area contributed by atoms with Gasteiger partial charge in [0, 0.05) is 6.54 Å². The summed E-state index contributed by atoms with van der Waals surface area (Å²) in [6, 6.07) is 0. The van der Waals surface area contributed by atoms with Gasteiger partial charge in [-0.2, -0.15) is 0 Å². The number of hydrogen-bond donors (Lipinski definition) is 2. The number of ether oxygens (including phenoxy) is 1. The Labute approximate surface area is 120 Å². The molecule has 1 unspecified atom stereocenters. The number of amides is 1. The average molecular weight is 311 g/mol. The first-order valence-electron chi connectivity index (χ1n) is 6.65. The van der Waals surface area contributed by atoms with Crippen molar-refractivity contribution in [3.63, 3.8) is 0 Å². The Morgan fingerprint density at radius 1 is 1.25 bits per heavy atom. The summed E-state index contributed by atoms with van der Waals surface area (Å²) in [5.74, 6) is 0. The molecule has 0 saturated heterocycles. The summed E-state index contributed by atoms with van der Waals surface area (Å²) >= 11 is 0. The van der Waals surface area contributed by atoms with E-state index in [1.165, 1.54) is 0 Å². The van der Waals surface area contributed by atoms with Crippen molar-refractivity contribution in [1.82, 2.24) is 5.32 Å². The molecule has 0 rings (SSSR count). The average Bonchev–Trinajstić information content (AvgIpc) is 2.24. The minimum Gasteiger partial charge on any atom is -0.444 e. The van der Waals surface area contributed by atoms with E-state index in [9.17, 15) is 14.5 Å². The zero-order chi connectivity index (χ0) is 15.8. The molecule has 0 radical (unpaired) electrons. The summed E-state index contributed by atoms with van der Waals surface area (Å²) in [4.78, 5) is 11.4. The second-order valence-electron chi connectivity index (χ2n) is 5.17. The van der Waals surface area contributed by atoms with Crippen LogP contribution in [0, 0.1) is 0 Å². The molecule has 0 aliphatic rings. The fourth-order valence-corrected chi connectivity index (χ4v) is 3.09. The minimum atomic E-state index is -3.32. The van der Waals surface area contributed by atoms with E-state index in [1.54, 1.807) is 34.6 Å². The topological polar surface area (TPSA) is 94.1 Å². The lowest BCUT2D eigenvalue weighted by atomic mass is 10.2. The van der Waals surface area contributed by atoms with Gasteiger partial charge in [-0.3, -0.25) is 4.57 Å². The Morgan fingerprint density at radius 2 is 1.75 bits per heavy atom. The number of hydrogen-bond acceptors (Lipinski definition) is 6. The standard InChI is InChI=1S/C12H26NO6P/c1-6-17-20(16,18-7-2)9-10(14)8-13-11(15)19-12(3,4)5/h10,14H,6-9H2,1-5H3,(H,13,15). The Kier molecular flexibility index (Phi) is 8.35. The van der Waals surface area contributed by atoms with Gasteiger partial charge < -0.3 is 24.2 Å². The number of aliphatic hydroxyl groups is 1. The maximum Gasteiger partial charge on any atom is 0.407 e. The summed E-state index contributed by atoms with van der Waals surface area (Å²) in [5.41, 5.74) is -0.610. The van der Waals surface area contributed by atoms with Crippen molar-refractivity contribution in [3.8, 4) is 0 Å². The third-order valence-corrected chi connectivity index (χ3v) is 4.14. The van der Waals surface area contributed by atoms with Crippen molar-refractivity contribution in [2.75, 3.05) is 25.9 Å². The second kappa shape index (κ2) is 8.62. The second-order valence-corrected chi connectivity index (χ2v) is 7.27. The molecule has 1 atom stereocenters. The fraction of sp³-hybridized carbons (Fsp3) is 0.917. The summed E-state index contributed by atoms with van der Waals surface area (Å²) in [7, 11) is -3.32. The molecule has 0 aliphatic carbocycles. The van der Waals surface area contributed by atoms with Gasteiger partial charge in [-0.15, -0.1) is 0 Å². The predicted molar refractivity (Wildman–Crippen MR) is 76.0 cm³/mol. The van der Waals surface area contributed by atoms with Crippen molar-refractivity contribution in [3.05, 3.63) is 0 Å². The monoisotopic (exact) mass is 311 g/mol. The van der Waals surface area contributed by atoms with Crippen LogP contribution in [0.3, 0.4) is 0 Å². The zero-order valence-electron chi connectivity index (χ0n) is 12.8. The molecule has 2 N–H and O–H groups in total. The molecule has 7 nitrogen and oxygen atoms in total. The predicted octanol–water partition coefficient (Wildman–Crippen LogP) is 2.14. The van der Waals surface area contributed by atoms with Crippen LogP contribution in [0.5, 0.6) is 0 Å². The van der Waals surface area contributed by atoms with Gasteiger partial charge in [-0.25, -0.2) is 4.79 Å². The van der Waals surface area contributed by atoms with Crippen molar-refractivity contribution >= 4 is 13.7 Å². The maximum atomic E-state index is 12.1. The molecule has 20 heavy (non-hydrogen) atoms. The summed E-state index contributed by atoms with van der Waals surface area (Å²) in [6.45, 7) is 8.96. The largest absolute Gasteiger partial charge is 0.444 e. The van der Waals surface area contributed by atoms with Crippen LogP contribution in [-0.4, -0.2) is 48.8 Å². The Bertz CT molecular complexity index is 331. The molecule has 0 aromatic heterocycles. The van der Waals surface area contributed by atoms with Crippen molar-refractivity contribution < 1.29 is 28.3 Å². The van der Waals surface area contributed by atoms with E-state index in [4.69, 9.17) is 13.8 Å². The van der Waals surface area contributed by atoms with Crippen LogP contribution >= 0.6 is 7.60 Å². The smallest absolute Gasteiger partial charge is 0.407 e. The highest BCUT2D eigenvalue weighted by Crippen LogP contribution is 2.48. The van der Waals surface area contributed by atoms with Crippen molar-refractivity contribution in [2.45, 2.75) is 46.3 Å². The fourth-order valence-electron chi connectivity index (χ4n) is 1.37. The minimum absolute atomic E-state index is 0.0843. The van der Waals surface area contributed by atoms with E-state index in [1.807, 2.05) is 0 Å². The zero-order valence-corrected chi connectivity index (χ0v) is 13.7. The normalized spacial score (nSPS) is 13.9. The van der Waals surface area contributed by atoms with E-state index in [-0.39, 0.29) is 25.9 Å². The van der Waals surface area contributed by atoms with Crippen molar-refractivity contribution in [2.24, 2.45) is 0 Å². The SMILES string of the molecule is CCOP(=O)(CC(O)CNC(=O)OC(C)(C)C)OCC. The first kappa shape index (κ1) is 19.4. The third kappa shape index (κ3) is 9.31. The number of rotatable bonds is 8. The molecule has 0 bridgehead atoms. The molecule has 0 aromatic carbocycles. The maximum absolute atomic E-state index is 12.1. The van der Waals surface area contributed by atoms with Crippen LogP contribution in [0.15, 0.2) is 0 Å². The van der Waals surface area contributed by atoms with Gasteiger partial charge in [0.25, 0.3) is 0 Å². The van der Waals surface area contributed by atoms with Crippen LogP contribution in [0.1, 0.15) is 34.6 Å². The van der Waals surface area contributed by atoms with Gasteiger partial charge in [0.15, 0.2) is 0 Å². The first-order chi connectivity index (χ1) is 9.12. The number of carbonyl (C=O) groups excluding carboxylic acids is 1. The molecule has 0 saturated carbocycles. The highest BCUT2D eigenvalue weighted by atomic mass is 31.2. The van der Waals surface area contributed by atoms with Gasteiger partial charge in [-0.05, 0) is 34.6 Å². The molecule has 0 aliphatic heterocycles. The van der Waals surface area contributed by atoms with Gasteiger partial charge in [0.1, 0.15) is 5.60 Å². The van der Waals surface area contributed by atoms with Crippen LogP contribution in [-0.2, 0) is 18.3 Å². The molecule has 0 aromatic rings. The number of aliphatic hydroxyl groups excluding tert-OH is 1. The summed E-state index contributed by atoms with van der Waals surface area (Å²) in [5, 5.41) is 12.2. The Hall–Kier alpha value is -0.620. The van der Waals surface area contributed by atoms with E-state index >= 15 is 0 Å². The number of alkyl carbamates (subject to hydrolysis) is 1. The van der Waals surface area contributed by atoms with Crippen LogP contribution in [0.2, 0.25) is 0 Å². The molecule has 0 spiro atoms. The highest BCUT2D eigenvalue weighted by Gasteiger charge is 2.28. The third-order valence-electron chi connectivity index (χ3n) is 1.97. The van der Waals surface area contributed by atoms with Gasteiger partial charge in [0.2, 0.25) is 0 Å². The molecular weight excluding hydrogens is 285 g/mol. The van der Waals surface area contributed by atoms with E-state index in [0.29, 0.717) is 0 Å². The van der Waals surface area contributed by atoms with Crippen LogP contribution in [0.4, 0.5) is 4.79 Å². The Balaban J connectivity index is 4.24. The van der Waals surface area contributed by atoms with Crippen molar-refractivity contribution in [1.29, 1.82) is 0 Å².